The zero-order chi connectivity index (χ0) is 15.5. The average molecular weight is 307 g/mol. The standard InChI is InChI=1S/C16H19ClN2O2/c1-3-16(4-2,10-20)19-15(21)13-9-11-7-5-6-8-12(11)14(17)18-13/h5-9,20H,3-4,10H2,1-2H3,(H,19,21). The minimum absolute atomic E-state index is 0.104. The maximum Gasteiger partial charge on any atom is 0.270 e. The molecule has 5 heteroatoms. The minimum atomic E-state index is -0.614. The highest BCUT2D eigenvalue weighted by Gasteiger charge is 2.28. The van der Waals surface area contributed by atoms with Gasteiger partial charge < -0.3 is 10.4 Å². The van der Waals surface area contributed by atoms with E-state index < -0.39 is 5.54 Å². The van der Waals surface area contributed by atoms with Gasteiger partial charge in [0.2, 0.25) is 0 Å². The molecule has 0 saturated carbocycles. The molecule has 1 aromatic carbocycles. The number of benzene rings is 1. The zero-order valence-electron chi connectivity index (χ0n) is 12.2. The molecule has 0 bridgehead atoms. The van der Waals surface area contributed by atoms with Crippen LogP contribution in [0, 0.1) is 0 Å². The quantitative estimate of drug-likeness (QED) is 0.834. The molecule has 0 aliphatic heterocycles. The highest BCUT2D eigenvalue weighted by Crippen LogP contribution is 2.23. The Hall–Kier alpha value is -1.65. The van der Waals surface area contributed by atoms with E-state index in [1.165, 1.54) is 0 Å². The molecule has 0 atom stereocenters. The first-order valence-corrected chi connectivity index (χ1v) is 7.41. The number of hydrogen-bond donors (Lipinski definition) is 2. The second kappa shape index (κ2) is 6.41. The molecule has 2 rings (SSSR count). The van der Waals surface area contributed by atoms with Gasteiger partial charge in [-0.1, -0.05) is 49.7 Å². The third kappa shape index (κ3) is 3.17. The summed E-state index contributed by atoms with van der Waals surface area (Å²) in [5.74, 6) is -0.319. The zero-order valence-corrected chi connectivity index (χ0v) is 12.9. The van der Waals surface area contributed by atoms with Gasteiger partial charge in [0.05, 0.1) is 12.1 Å². The molecule has 1 heterocycles. The Balaban J connectivity index is 2.35. The number of pyridine rings is 1. The van der Waals surface area contributed by atoms with E-state index in [0.29, 0.717) is 18.0 Å². The van der Waals surface area contributed by atoms with Crippen LogP contribution in [0.25, 0.3) is 10.8 Å². The van der Waals surface area contributed by atoms with Gasteiger partial charge in [0, 0.05) is 5.39 Å². The van der Waals surface area contributed by atoms with E-state index in [4.69, 9.17) is 11.6 Å². The molecule has 0 unspecified atom stereocenters. The maximum atomic E-state index is 12.4. The van der Waals surface area contributed by atoms with Gasteiger partial charge in [-0.05, 0) is 24.3 Å². The van der Waals surface area contributed by atoms with Crippen molar-refractivity contribution in [2.75, 3.05) is 6.61 Å². The van der Waals surface area contributed by atoms with Crippen molar-refractivity contribution in [2.45, 2.75) is 32.2 Å². The highest BCUT2D eigenvalue weighted by atomic mass is 35.5. The first kappa shape index (κ1) is 15.7. The lowest BCUT2D eigenvalue weighted by Crippen LogP contribution is -2.50. The van der Waals surface area contributed by atoms with E-state index in [0.717, 1.165) is 10.8 Å². The SMILES string of the molecule is CCC(CC)(CO)NC(=O)c1cc2ccccc2c(Cl)n1. The lowest BCUT2D eigenvalue weighted by atomic mass is 9.93. The van der Waals surface area contributed by atoms with Crippen LogP contribution in [0.5, 0.6) is 0 Å². The van der Waals surface area contributed by atoms with Crippen LogP contribution in [-0.4, -0.2) is 28.1 Å². The van der Waals surface area contributed by atoms with Gasteiger partial charge in [0.25, 0.3) is 5.91 Å². The molecule has 4 nitrogen and oxygen atoms in total. The van der Waals surface area contributed by atoms with Crippen LogP contribution in [0.1, 0.15) is 37.2 Å². The van der Waals surface area contributed by atoms with E-state index in [-0.39, 0.29) is 18.2 Å². The van der Waals surface area contributed by atoms with Crippen molar-refractivity contribution in [3.05, 3.63) is 41.2 Å². The molecule has 0 saturated heterocycles. The van der Waals surface area contributed by atoms with Crippen LogP contribution in [0.4, 0.5) is 0 Å². The van der Waals surface area contributed by atoms with Crippen molar-refractivity contribution in [2.24, 2.45) is 0 Å². The summed E-state index contributed by atoms with van der Waals surface area (Å²) in [6, 6.07) is 9.22. The summed E-state index contributed by atoms with van der Waals surface area (Å²) in [6.45, 7) is 3.76. The first-order chi connectivity index (χ1) is 10.0. The van der Waals surface area contributed by atoms with Gasteiger partial charge in [-0.3, -0.25) is 4.79 Å². The fourth-order valence-electron chi connectivity index (χ4n) is 2.27. The van der Waals surface area contributed by atoms with Crippen molar-refractivity contribution in [1.29, 1.82) is 0 Å². The Morgan fingerprint density at radius 2 is 2.00 bits per heavy atom. The number of carbonyl (C=O) groups excluding carboxylic acids is 1. The van der Waals surface area contributed by atoms with E-state index in [2.05, 4.69) is 10.3 Å². The Labute approximate surface area is 129 Å². The normalized spacial score (nSPS) is 11.6. The van der Waals surface area contributed by atoms with Crippen LogP contribution in [-0.2, 0) is 0 Å². The lowest BCUT2D eigenvalue weighted by Gasteiger charge is -2.30. The van der Waals surface area contributed by atoms with Crippen molar-refractivity contribution in [3.8, 4) is 0 Å². The number of fused-ring (bicyclic) bond motifs is 1. The molecule has 0 aliphatic rings. The van der Waals surface area contributed by atoms with Gasteiger partial charge in [-0.2, -0.15) is 0 Å². The predicted molar refractivity (Wildman–Crippen MR) is 84.6 cm³/mol. The van der Waals surface area contributed by atoms with E-state index in [1.807, 2.05) is 38.1 Å². The second-order valence-corrected chi connectivity index (χ2v) is 5.48. The number of nitrogens with zero attached hydrogens (tertiary/aromatic N) is 1. The number of carbonyl (C=O) groups is 1. The van der Waals surface area contributed by atoms with Gasteiger partial charge in [0.15, 0.2) is 0 Å². The van der Waals surface area contributed by atoms with Crippen molar-refractivity contribution in [1.82, 2.24) is 10.3 Å². The summed E-state index contributed by atoms with van der Waals surface area (Å²) in [4.78, 5) is 16.5. The van der Waals surface area contributed by atoms with E-state index in [1.54, 1.807) is 6.07 Å². The number of nitrogens with one attached hydrogen (secondary N) is 1. The summed E-state index contributed by atoms with van der Waals surface area (Å²) in [5.41, 5.74) is -0.352. The van der Waals surface area contributed by atoms with Crippen LogP contribution in [0.3, 0.4) is 0 Å². The Bertz CT molecular complexity index is 646. The molecular formula is C16H19ClN2O2. The van der Waals surface area contributed by atoms with E-state index >= 15 is 0 Å². The number of aliphatic hydroxyl groups excluding tert-OH is 1. The Morgan fingerprint density at radius 3 is 2.62 bits per heavy atom. The monoisotopic (exact) mass is 306 g/mol. The van der Waals surface area contributed by atoms with Gasteiger partial charge in [-0.15, -0.1) is 0 Å². The predicted octanol–water partition coefficient (Wildman–Crippen LogP) is 3.17. The Morgan fingerprint density at radius 1 is 1.33 bits per heavy atom. The number of hydrogen-bond acceptors (Lipinski definition) is 3. The second-order valence-electron chi connectivity index (χ2n) is 5.12. The van der Waals surface area contributed by atoms with Gasteiger partial charge in [0.1, 0.15) is 10.8 Å². The molecule has 1 aromatic heterocycles. The molecule has 2 N–H and O–H groups in total. The molecule has 0 aliphatic carbocycles. The summed E-state index contributed by atoms with van der Waals surface area (Å²) >= 11 is 6.14. The summed E-state index contributed by atoms with van der Waals surface area (Å²) in [6.07, 6.45) is 1.29. The summed E-state index contributed by atoms with van der Waals surface area (Å²) in [7, 11) is 0. The molecule has 0 radical (unpaired) electrons. The number of aromatic nitrogens is 1. The van der Waals surface area contributed by atoms with Gasteiger partial charge >= 0.3 is 0 Å². The number of rotatable bonds is 5. The van der Waals surface area contributed by atoms with Crippen molar-refractivity contribution >= 4 is 28.3 Å². The van der Waals surface area contributed by atoms with Crippen molar-refractivity contribution in [3.63, 3.8) is 0 Å². The number of halogens is 1. The smallest absolute Gasteiger partial charge is 0.270 e. The lowest BCUT2D eigenvalue weighted by molar-refractivity contribution is 0.0813. The van der Waals surface area contributed by atoms with Crippen LogP contribution < -0.4 is 5.32 Å². The summed E-state index contributed by atoms with van der Waals surface area (Å²) < 4.78 is 0. The fourth-order valence-corrected chi connectivity index (χ4v) is 2.53. The molecule has 0 fully saturated rings. The summed E-state index contributed by atoms with van der Waals surface area (Å²) in [5, 5.41) is 14.4. The largest absolute Gasteiger partial charge is 0.394 e. The van der Waals surface area contributed by atoms with E-state index in [9.17, 15) is 9.90 Å². The van der Waals surface area contributed by atoms with Crippen LogP contribution in [0.15, 0.2) is 30.3 Å². The molecule has 1 amide bonds. The first-order valence-electron chi connectivity index (χ1n) is 7.04. The molecule has 112 valence electrons. The molecule has 0 spiro atoms. The topological polar surface area (TPSA) is 62.2 Å². The fraction of sp³-hybridized carbons (Fsp3) is 0.375. The van der Waals surface area contributed by atoms with Crippen molar-refractivity contribution < 1.29 is 9.90 Å². The minimum Gasteiger partial charge on any atom is -0.394 e. The highest BCUT2D eigenvalue weighted by molar-refractivity contribution is 6.34. The molecular weight excluding hydrogens is 288 g/mol. The van der Waals surface area contributed by atoms with Gasteiger partial charge in [-0.25, -0.2) is 4.98 Å². The number of amides is 1. The average Bonchev–Trinajstić information content (AvgIpc) is 2.52. The molecule has 2 aromatic rings. The van der Waals surface area contributed by atoms with Crippen LogP contribution in [0.2, 0.25) is 5.15 Å². The molecule has 21 heavy (non-hydrogen) atoms. The van der Waals surface area contributed by atoms with Crippen LogP contribution >= 0.6 is 11.6 Å². The maximum absolute atomic E-state index is 12.4. The third-order valence-corrected chi connectivity index (χ3v) is 4.25. The number of aliphatic hydroxyl groups is 1. The Kier molecular flexibility index (Phi) is 4.80. The third-order valence-electron chi connectivity index (χ3n) is 3.96.